The molecule has 0 atom stereocenters. The number of aromatic nitrogens is 1. The lowest BCUT2D eigenvalue weighted by Crippen LogP contribution is -2.26. The molecule has 0 bridgehead atoms. The summed E-state index contributed by atoms with van der Waals surface area (Å²) in [4.78, 5) is 16.9. The van der Waals surface area contributed by atoms with Crippen molar-refractivity contribution in [3.63, 3.8) is 0 Å². The molecule has 0 unspecified atom stereocenters. The molecule has 2 saturated carbocycles. The average molecular weight is 400 g/mol. The lowest BCUT2D eigenvalue weighted by atomic mass is 9.75. The molecule has 1 heterocycles. The van der Waals surface area contributed by atoms with Crippen LogP contribution in [0.3, 0.4) is 0 Å². The van der Waals surface area contributed by atoms with Gasteiger partial charge in [-0.3, -0.25) is 9.78 Å². The summed E-state index contributed by atoms with van der Waals surface area (Å²) < 4.78 is 5.61. The molecule has 3 rings (SSSR count). The summed E-state index contributed by atoms with van der Waals surface area (Å²) in [6, 6.07) is 3.86. The van der Waals surface area contributed by atoms with Crippen molar-refractivity contribution in [1.82, 2.24) is 4.98 Å². The summed E-state index contributed by atoms with van der Waals surface area (Å²) in [5.74, 6) is 3.41. The first-order chi connectivity index (χ1) is 14.2. The van der Waals surface area contributed by atoms with Crippen molar-refractivity contribution in [1.29, 1.82) is 0 Å². The fraction of sp³-hybridized carbons (Fsp3) is 0.769. The maximum atomic E-state index is 12.5. The summed E-state index contributed by atoms with van der Waals surface area (Å²) in [7, 11) is 0. The zero-order chi connectivity index (χ0) is 20.5. The van der Waals surface area contributed by atoms with Crippen molar-refractivity contribution in [3.8, 4) is 5.75 Å². The Balaban J connectivity index is 1.33. The van der Waals surface area contributed by atoms with Crippen LogP contribution in [0.1, 0.15) is 103 Å². The van der Waals surface area contributed by atoms with E-state index in [2.05, 4.69) is 18.8 Å². The highest BCUT2D eigenvalue weighted by Crippen LogP contribution is 2.37. The van der Waals surface area contributed by atoms with E-state index in [-0.39, 0.29) is 11.9 Å². The molecule has 162 valence electrons. The van der Waals surface area contributed by atoms with E-state index in [0.717, 1.165) is 49.1 Å². The van der Waals surface area contributed by atoms with Crippen LogP contribution in [-0.2, 0) is 11.2 Å². The lowest BCUT2D eigenvalue weighted by molar-refractivity contribution is -0.140. The third kappa shape index (κ3) is 7.12. The summed E-state index contributed by atoms with van der Waals surface area (Å²) in [6.07, 6.45) is 19.5. The number of pyridine rings is 1. The molecule has 2 aliphatic carbocycles. The molecule has 0 aliphatic heterocycles. The number of carbonyl (C=O) groups excluding carboxylic acids is 1. The summed E-state index contributed by atoms with van der Waals surface area (Å²) in [5.41, 5.74) is 1.06. The average Bonchev–Trinajstić information content (AvgIpc) is 2.75. The van der Waals surface area contributed by atoms with Crippen LogP contribution in [0, 0.1) is 23.7 Å². The predicted octanol–water partition coefficient (Wildman–Crippen LogP) is 7.13. The van der Waals surface area contributed by atoms with Crippen LogP contribution < -0.4 is 4.74 Å². The van der Waals surface area contributed by atoms with E-state index >= 15 is 0 Å². The van der Waals surface area contributed by atoms with Gasteiger partial charge in [0.05, 0.1) is 12.1 Å². The molecule has 0 N–H and O–H groups in total. The number of rotatable bonds is 9. The van der Waals surface area contributed by atoms with E-state index in [1.165, 1.54) is 64.2 Å². The molecule has 2 aliphatic rings. The van der Waals surface area contributed by atoms with Gasteiger partial charge >= 0.3 is 5.97 Å². The Labute approximate surface area is 178 Å². The Bertz CT molecular complexity index is 596. The van der Waals surface area contributed by atoms with Gasteiger partial charge in [-0.05, 0) is 62.0 Å². The third-order valence-corrected chi connectivity index (χ3v) is 7.35. The third-order valence-electron chi connectivity index (χ3n) is 7.35. The Kier molecular flexibility index (Phi) is 9.01. The van der Waals surface area contributed by atoms with E-state index in [0.29, 0.717) is 5.75 Å². The van der Waals surface area contributed by atoms with Crippen molar-refractivity contribution < 1.29 is 9.53 Å². The normalized spacial score (nSPS) is 27.5. The van der Waals surface area contributed by atoms with E-state index < -0.39 is 0 Å². The standard InChI is InChI=1S/C26H41NO2/c1-3-5-20-7-9-21(10-8-20)11-12-22-13-15-23(16-14-22)26(28)29-25-18-17-24(6-4-2)27-19-25/h17-23H,3-16H2,1-2H3. The van der Waals surface area contributed by atoms with Crippen LogP contribution in [0.25, 0.3) is 0 Å². The van der Waals surface area contributed by atoms with Gasteiger partial charge < -0.3 is 4.74 Å². The fourth-order valence-corrected chi connectivity index (χ4v) is 5.45. The maximum absolute atomic E-state index is 12.5. The SMILES string of the molecule is CCCc1ccc(OC(=O)C2CCC(CCC3CCC(CCC)CC3)CC2)cn1. The molecule has 0 radical (unpaired) electrons. The van der Waals surface area contributed by atoms with Crippen LogP contribution in [-0.4, -0.2) is 11.0 Å². The van der Waals surface area contributed by atoms with Crippen LogP contribution in [0.4, 0.5) is 0 Å². The van der Waals surface area contributed by atoms with Crippen molar-refractivity contribution in [2.45, 2.75) is 104 Å². The van der Waals surface area contributed by atoms with E-state index in [1.54, 1.807) is 6.20 Å². The van der Waals surface area contributed by atoms with Crippen LogP contribution in [0.15, 0.2) is 18.3 Å². The first kappa shape index (κ1) is 22.3. The van der Waals surface area contributed by atoms with Gasteiger partial charge in [-0.25, -0.2) is 0 Å². The molecule has 3 nitrogen and oxygen atoms in total. The van der Waals surface area contributed by atoms with E-state index in [4.69, 9.17) is 4.74 Å². The van der Waals surface area contributed by atoms with Crippen molar-refractivity contribution in [2.75, 3.05) is 0 Å². The zero-order valence-corrected chi connectivity index (χ0v) is 18.7. The Hall–Kier alpha value is -1.38. The molecule has 2 fully saturated rings. The number of aryl methyl sites for hydroxylation is 1. The number of carbonyl (C=O) groups is 1. The summed E-state index contributed by atoms with van der Waals surface area (Å²) in [5, 5.41) is 0. The molecule has 1 aromatic heterocycles. The van der Waals surface area contributed by atoms with E-state index in [9.17, 15) is 4.79 Å². The predicted molar refractivity (Wildman–Crippen MR) is 119 cm³/mol. The second kappa shape index (κ2) is 11.7. The highest BCUT2D eigenvalue weighted by molar-refractivity contribution is 5.75. The second-order valence-corrected chi connectivity index (χ2v) is 9.63. The number of hydrogen-bond acceptors (Lipinski definition) is 3. The van der Waals surface area contributed by atoms with Crippen molar-refractivity contribution >= 4 is 5.97 Å². The molecule has 0 saturated heterocycles. The minimum atomic E-state index is -0.0530. The largest absolute Gasteiger partial charge is 0.425 e. The molecular formula is C26H41NO2. The first-order valence-electron chi connectivity index (χ1n) is 12.3. The van der Waals surface area contributed by atoms with Crippen LogP contribution >= 0.6 is 0 Å². The smallest absolute Gasteiger partial charge is 0.314 e. The molecule has 0 aromatic carbocycles. The maximum Gasteiger partial charge on any atom is 0.314 e. The minimum absolute atomic E-state index is 0.0530. The Morgan fingerprint density at radius 2 is 1.45 bits per heavy atom. The summed E-state index contributed by atoms with van der Waals surface area (Å²) in [6.45, 7) is 4.46. The Morgan fingerprint density at radius 3 is 1.97 bits per heavy atom. The summed E-state index contributed by atoms with van der Waals surface area (Å²) >= 11 is 0. The zero-order valence-electron chi connectivity index (χ0n) is 18.7. The molecule has 1 aromatic rings. The monoisotopic (exact) mass is 399 g/mol. The number of nitrogens with zero attached hydrogens (tertiary/aromatic N) is 1. The molecular weight excluding hydrogens is 358 g/mol. The highest BCUT2D eigenvalue weighted by atomic mass is 16.5. The minimum Gasteiger partial charge on any atom is -0.425 e. The van der Waals surface area contributed by atoms with Gasteiger partial charge in [0.15, 0.2) is 0 Å². The van der Waals surface area contributed by atoms with E-state index in [1.807, 2.05) is 12.1 Å². The molecule has 29 heavy (non-hydrogen) atoms. The van der Waals surface area contributed by atoms with Crippen molar-refractivity contribution in [3.05, 3.63) is 24.0 Å². The number of hydrogen-bond donors (Lipinski definition) is 0. The van der Waals surface area contributed by atoms with Gasteiger partial charge in [-0.2, -0.15) is 0 Å². The molecule has 3 heteroatoms. The lowest BCUT2D eigenvalue weighted by Gasteiger charge is -2.31. The Morgan fingerprint density at radius 1 is 0.862 bits per heavy atom. The van der Waals surface area contributed by atoms with Gasteiger partial charge in [0.25, 0.3) is 0 Å². The fourth-order valence-electron chi connectivity index (χ4n) is 5.45. The van der Waals surface area contributed by atoms with Gasteiger partial charge in [-0.1, -0.05) is 71.6 Å². The van der Waals surface area contributed by atoms with Gasteiger partial charge in [0, 0.05) is 5.69 Å². The van der Waals surface area contributed by atoms with Crippen LogP contribution in [0.2, 0.25) is 0 Å². The quantitative estimate of drug-likeness (QED) is 0.414. The first-order valence-corrected chi connectivity index (χ1v) is 12.3. The molecule has 0 spiro atoms. The van der Waals surface area contributed by atoms with Gasteiger partial charge in [0.1, 0.15) is 5.75 Å². The van der Waals surface area contributed by atoms with Gasteiger partial charge in [0.2, 0.25) is 0 Å². The number of ether oxygens (including phenoxy) is 1. The molecule has 0 amide bonds. The van der Waals surface area contributed by atoms with Gasteiger partial charge in [-0.15, -0.1) is 0 Å². The highest BCUT2D eigenvalue weighted by Gasteiger charge is 2.29. The van der Waals surface area contributed by atoms with Crippen LogP contribution in [0.5, 0.6) is 5.75 Å². The van der Waals surface area contributed by atoms with Crippen molar-refractivity contribution in [2.24, 2.45) is 23.7 Å². The number of esters is 1. The topological polar surface area (TPSA) is 39.2 Å². The second-order valence-electron chi connectivity index (χ2n) is 9.63.